The molecule has 0 spiro atoms. The van der Waals surface area contributed by atoms with Crippen molar-refractivity contribution in [3.63, 3.8) is 0 Å². The Morgan fingerprint density at radius 2 is 2.31 bits per heavy atom. The molecule has 3 rings (SSSR count). The molecule has 1 aliphatic rings. The molecule has 0 saturated carbocycles. The zero-order chi connectivity index (χ0) is 18.7. The normalized spacial score (nSPS) is 15.8. The van der Waals surface area contributed by atoms with E-state index >= 15 is 0 Å². The third kappa shape index (κ3) is 4.35. The second-order valence-electron chi connectivity index (χ2n) is 6.37. The standard InChI is InChI=1S/C19H17ClFN3OS/c1-11-2-4-16-12(6-11)7-13(9-22)19(24-16)26-10-18(25)23-17-5-3-14(20)8-15(17)21/h3,5,7-8,11H,2,4,6,10H2,1H3,(H,23,25). The van der Waals surface area contributed by atoms with Gasteiger partial charge in [-0.1, -0.05) is 30.3 Å². The molecule has 1 aromatic heterocycles. The van der Waals surface area contributed by atoms with Gasteiger partial charge in [0.05, 0.1) is 17.0 Å². The largest absolute Gasteiger partial charge is 0.323 e. The first-order valence-corrected chi connectivity index (χ1v) is 9.63. The summed E-state index contributed by atoms with van der Waals surface area (Å²) in [7, 11) is 0. The van der Waals surface area contributed by atoms with E-state index in [0.29, 0.717) is 16.5 Å². The monoisotopic (exact) mass is 389 g/mol. The number of fused-ring (bicyclic) bond motifs is 1. The van der Waals surface area contributed by atoms with Gasteiger partial charge in [0.1, 0.15) is 16.9 Å². The van der Waals surface area contributed by atoms with Crippen molar-refractivity contribution in [1.82, 2.24) is 4.98 Å². The zero-order valence-electron chi connectivity index (χ0n) is 14.2. The molecule has 0 radical (unpaired) electrons. The summed E-state index contributed by atoms with van der Waals surface area (Å²) in [5.41, 5.74) is 2.69. The molecule has 1 aliphatic carbocycles. The number of thioether (sulfide) groups is 1. The lowest BCUT2D eigenvalue weighted by Gasteiger charge is -2.21. The van der Waals surface area contributed by atoms with Gasteiger partial charge in [-0.05, 0) is 55.0 Å². The van der Waals surface area contributed by atoms with E-state index in [1.807, 2.05) is 6.07 Å². The SMILES string of the molecule is CC1CCc2nc(SCC(=O)Nc3ccc(Cl)cc3F)c(C#N)cc2C1. The zero-order valence-corrected chi connectivity index (χ0v) is 15.8. The van der Waals surface area contributed by atoms with Crippen molar-refractivity contribution in [2.75, 3.05) is 11.1 Å². The summed E-state index contributed by atoms with van der Waals surface area (Å²) in [6, 6.07) is 8.11. The summed E-state index contributed by atoms with van der Waals surface area (Å²) in [5.74, 6) is -0.323. The third-order valence-electron chi connectivity index (χ3n) is 4.26. The average molecular weight is 390 g/mol. The van der Waals surface area contributed by atoms with Gasteiger partial charge < -0.3 is 5.32 Å². The molecule has 0 aliphatic heterocycles. The van der Waals surface area contributed by atoms with E-state index in [-0.39, 0.29) is 22.4 Å². The number of halogens is 2. The summed E-state index contributed by atoms with van der Waals surface area (Å²) in [6.07, 6.45) is 2.89. The summed E-state index contributed by atoms with van der Waals surface area (Å²) in [6.45, 7) is 2.19. The minimum absolute atomic E-state index is 0.0406. The lowest BCUT2D eigenvalue weighted by atomic mass is 9.87. The van der Waals surface area contributed by atoms with Crippen LogP contribution in [0.1, 0.15) is 30.2 Å². The van der Waals surface area contributed by atoms with Crippen LogP contribution in [-0.2, 0) is 17.6 Å². The smallest absolute Gasteiger partial charge is 0.234 e. The minimum atomic E-state index is -0.588. The number of amides is 1. The van der Waals surface area contributed by atoms with E-state index < -0.39 is 5.82 Å². The minimum Gasteiger partial charge on any atom is -0.323 e. The first-order chi connectivity index (χ1) is 12.5. The summed E-state index contributed by atoms with van der Waals surface area (Å²) in [5, 5.41) is 12.7. The molecule has 134 valence electrons. The van der Waals surface area contributed by atoms with Crippen LogP contribution >= 0.6 is 23.4 Å². The van der Waals surface area contributed by atoms with Crippen LogP contribution in [0.15, 0.2) is 29.3 Å². The quantitative estimate of drug-likeness (QED) is 0.776. The van der Waals surface area contributed by atoms with E-state index in [1.165, 1.54) is 23.9 Å². The molecule has 7 heteroatoms. The Balaban J connectivity index is 1.69. The fourth-order valence-electron chi connectivity index (χ4n) is 2.93. The number of rotatable bonds is 4. The fraction of sp³-hybridized carbons (Fsp3) is 0.316. The molecule has 26 heavy (non-hydrogen) atoms. The maximum atomic E-state index is 13.8. The highest BCUT2D eigenvalue weighted by Gasteiger charge is 2.20. The molecular weight excluding hydrogens is 373 g/mol. The van der Waals surface area contributed by atoms with Gasteiger partial charge in [0.15, 0.2) is 0 Å². The molecule has 1 amide bonds. The van der Waals surface area contributed by atoms with Gasteiger partial charge in [0.2, 0.25) is 5.91 Å². The second-order valence-corrected chi connectivity index (χ2v) is 7.77. The van der Waals surface area contributed by atoms with Crippen LogP contribution in [0.25, 0.3) is 0 Å². The molecule has 4 nitrogen and oxygen atoms in total. The van der Waals surface area contributed by atoms with E-state index in [1.54, 1.807) is 0 Å². The number of pyridine rings is 1. The number of hydrogen-bond acceptors (Lipinski definition) is 4. The number of aryl methyl sites for hydroxylation is 1. The molecule has 1 atom stereocenters. The van der Waals surface area contributed by atoms with Crippen molar-refractivity contribution in [1.29, 1.82) is 5.26 Å². The molecule has 1 unspecified atom stereocenters. The van der Waals surface area contributed by atoms with Crippen molar-refractivity contribution < 1.29 is 9.18 Å². The molecule has 1 aromatic carbocycles. The molecular formula is C19H17ClFN3OS. The lowest BCUT2D eigenvalue weighted by Crippen LogP contribution is -2.16. The number of hydrogen-bond donors (Lipinski definition) is 1. The van der Waals surface area contributed by atoms with Crippen molar-refractivity contribution in [2.45, 2.75) is 31.2 Å². The molecule has 1 heterocycles. The number of carbonyl (C=O) groups excluding carboxylic acids is 1. The van der Waals surface area contributed by atoms with Crippen LogP contribution in [-0.4, -0.2) is 16.6 Å². The van der Waals surface area contributed by atoms with E-state index in [2.05, 4.69) is 23.3 Å². The predicted octanol–water partition coefficient (Wildman–Crippen LogP) is 4.60. The molecule has 0 bridgehead atoms. The molecule has 2 aromatic rings. The predicted molar refractivity (Wildman–Crippen MR) is 101 cm³/mol. The number of benzene rings is 1. The number of anilines is 1. The first kappa shape index (κ1) is 18.7. The third-order valence-corrected chi connectivity index (χ3v) is 5.49. The fourth-order valence-corrected chi connectivity index (χ4v) is 3.86. The molecule has 0 saturated heterocycles. The van der Waals surface area contributed by atoms with Gasteiger partial charge >= 0.3 is 0 Å². The van der Waals surface area contributed by atoms with Gasteiger partial charge in [-0.3, -0.25) is 4.79 Å². The summed E-state index contributed by atoms with van der Waals surface area (Å²) >= 11 is 6.89. The Kier molecular flexibility index (Phi) is 5.80. The average Bonchev–Trinajstić information content (AvgIpc) is 2.61. The summed E-state index contributed by atoms with van der Waals surface area (Å²) in [4.78, 5) is 16.7. The van der Waals surface area contributed by atoms with Crippen LogP contribution in [0.4, 0.5) is 10.1 Å². The van der Waals surface area contributed by atoms with Gasteiger partial charge in [-0.2, -0.15) is 5.26 Å². The highest BCUT2D eigenvalue weighted by atomic mass is 35.5. The number of nitrogens with one attached hydrogen (secondary N) is 1. The molecule has 1 N–H and O–H groups in total. The van der Waals surface area contributed by atoms with Crippen LogP contribution < -0.4 is 5.32 Å². The van der Waals surface area contributed by atoms with Gasteiger partial charge in [-0.15, -0.1) is 0 Å². The number of carbonyl (C=O) groups is 1. The van der Waals surface area contributed by atoms with Crippen molar-refractivity contribution in [3.05, 3.63) is 51.9 Å². The van der Waals surface area contributed by atoms with Crippen LogP contribution in [0.5, 0.6) is 0 Å². The number of nitrogens with zero attached hydrogens (tertiary/aromatic N) is 2. The second kappa shape index (κ2) is 8.07. The van der Waals surface area contributed by atoms with E-state index in [4.69, 9.17) is 11.6 Å². The Morgan fingerprint density at radius 3 is 3.04 bits per heavy atom. The van der Waals surface area contributed by atoms with Crippen LogP contribution in [0.3, 0.4) is 0 Å². The van der Waals surface area contributed by atoms with E-state index in [0.717, 1.165) is 36.6 Å². The van der Waals surface area contributed by atoms with E-state index in [9.17, 15) is 14.4 Å². The lowest BCUT2D eigenvalue weighted by molar-refractivity contribution is -0.113. The topological polar surface area (TPSA) is 65.8 Å². The van der Waals surface area contributed by atoms with Gasteiger partial charge in [-0.25, -0.2) is 9.37 Å². The highest BCUT2D eigenvalue weighted by Crippen LogP contribution is 2.29. The maximum Gasteiger partial charge on any atom is 0.234 e. The number of aromatic nitrogens is 1. The van der Waals surface area contributed by atoms with Crippen molar-refractivity contribution >= 4 is 35.0 Å². The van der Waals surface area contributed by atoms with Crippen molar-refractivity contribution in [3.8, 4) is 6.07 Å². The Bertz CT molecular complexity index is 897. The Hall–Kier alpha value is -2.10. The van der Waals surface area contributed by atoms with Crippen LogP contribution in [0, 0.1) is 23.1 Å². The maximum absolute atomic E-state index is 13.8. The van der Waals surface area contributed by atoms with Crippen LogP contribution in [0.2, 0.25) is 5.02 Å². The Morgan fingerprint density at radius 1 is 1.50 bits per heavy atom. The van der Waals surface area contributed by atoms with Crippen molar-refractivity contribution in [2.24, 2.45) is 5.92 Å². The highest BCUT2D eigenvalue weighted by molar-refractivity contribution is 8.00. The van der Waals surface area contributed by atoms with Gasteiger partial charge in [0, 0.05) is 10.7 Å². The van der Waals surface area contributed by atoms with Gasteiger partial charge in [0.25, 0.3) is 0 Å². The first-order valence-electron chi connectivity index (χ1n) is 8.27. The number of nitriles is 1. The Labute approximate surface area is 160 Å². The molecule has 0 fully saturated rings. The summed E-state index contributed by atoms with van der Waals surface area (Å²) < 4.78 is 13.8.